The molecule has 1 aliphatic rings. The Balaban J connectivity index is 1.65. The zero-order chi connectivity index (χ0) is 29.1. The molecular formula is C25H31N5O8S2. The fourth-order valence-electron chi connectivity index (χ4n) is 3.83. The summed E-state index contributed by atoms with van der Waals surface area (Å²) in [6.07, 6.45) is 3.14. The summed E-state index contributed by atoms with van der Waals surface area (Å²) in [5.41, 5.74) is 6.49. The molecule has 7 N–H and O–H groups in total. The highest BCUT2D eigenvalue weighted by molar-refractivity contribution is 8.76. The topological polar surface area (TPSA) is 210 Å². The second-order valence-electron chi connectivity index (χ2n) is 8.94. The molecule has 1 aliphatic heterocycles. The number of carboxylic acids is 2. The van der Waals surface area contributed by atoms with Crippen molar-refractivity contribution in [3.05, 3.63) is 36.0 Å². The average Bonchev–Trinajstić information content (AvgIpc) is 3.46. The Kier molecular flexibility index (Phi) is 12.0. The van der Waals surface area contributed by atoms with Crippen LogP contribution in [0.1, 0.15) is 36.0 Å². The van der Waals surface area contributed by atoms with Crippen molar-refractivity contribution >= 4 is 62.2 Å². The quantitative estimate of drug-likeness (QED) is 0.158. The van der Waals surface area contributed by atoms with Gasteiger partial charge in [-0.3, -0.25) is 29.0 Å². The van der Waals surface area contributed by atoms with Crippen LogP contribution < -0.4 is 21.7 Å². The van der Waals surface area contributed by atoms with Gasteiger partial charge >= 0.3 is 11.9 Å². The maximum atomic E-state index is 12.9. The van der Waals surface area contributed by atoms with Crippen LogP contribution in [0, 0.1) is 0 Å². The van der Waals surface area contributed by atoms with Crippen molar-refractivity contribution in [3.63, 3.8) is 0 Å². The molecule has 0 radical (unpaired) electrons. The van der Waals surface area contributed by atoms with Crippen molar-refractivity contribution in [1.29, 1.82) is 0 Å². The van der Waals surface area contributed by atoms with Crippen LogP contribution in [0.5, 0.6) is 0 Å². The first-order valence-electron chi connectivity index (χ1n) is 12.5. The summed E-state index contributed by atoms with van der Waals surface area (Å²) in [6.45, 7) is 0.492. The maximum Gasteiger partial charge on any atom is 0.322 e. The van der Waals surface area contributed by atoms with Crippen LogP contribution >= 0.6 is 21.6 Å². The minimum Gasteiger partial charge on any atom is -0.480 e. The molecule has 3 atom stereocenters. The molecule has 0 aliphatic carbocycles. The van der Waals surface area contributed by atoms with Crippen LogP contribution in [-0.2, 0) is 23.9 Å². The highest BCUT2D eigenvalue weighted by Gasteiger charge is 2.24. The number of benzene rings is 1. The second-order valence-corrected chi connectivity index (χ2v) is 11.3. The van der Waals surface area contributed by atoms with Gasteiger partial charge in [-0.2, -0.15) is 0 Å². The van der Waals surface area contributed by atoms with E-state index in [1.807, 2.05) is 0 Å². The number of nitrogens with two attached hydrogens (primary N) is 1. The van der Waals surface area contributed by atoms with Gasteiger partial charge < -0.3 is 36.6 Å². The summed E-state index contributed by atoms with van der Waals surface area (Å²) in [6, 6.07) is 4.66. The lowest BCUT2D eigenvalue weighted by molar-refractivity contribution is -0.139. The second kappa shape index (κ2) is 15.4. The van der Waals surface area contributed by atoms with E-state index in [4.69, 9.17) is 20.7 Å². The number of carbonyl (C=O) groups excluding carboxylic acids is 3. The van der Waals surface area contributed by atoms with Gasteiger partial charge in [-0.1, -0.05) is 27.7 Å². The summed E-state index contributed by atoms with van der Waals surface area (Å²) in [5.74, 6) is -3.97. The van der Waals surface area contributed by atoms with Gasteiger partial charge in [0.05, 0.1) is 11.6 Å². The van der Waals surface area contributed by atoms with E-state index in [1.165, 1.54) is 21.6 Å². The standard InChI is InChI=1S/C25H31N5O8S2/c26-17(25(36)37)6-8-20(31)30-18(24(35)29-12-21(32)33)13-39-40-19-7-5-16(15-4-1-9-27-22(15)19)23(34)28-11-14-3-2-10-38-14/h1,4-5,7,9,14,17-18H,2-3,6,8,10-13,26H2,(H,28,34)(H,29,35)(H,30,31)(H,32,33)(H,36,37). The van der Waals surface area contributed by atoms with Crippen molar-refractivity contribution in [2.45, 2.75) is 48.8 Å². The molecule has 0 bridgehead atoms. The number of amides is 3. The Bertz CT molecular complexity index is 1240. The van der Waals surface area contributed by atoms with Crippen molar-refractivity contribution in [2.24, 2.45) is 5.73 Å². The van der Waals surface area contributed by atoms with E-state index in [2.05, 4.69) is 20.9 Å². The number of hydrogen-bond acceptors (Lipinski definition) is 10. The first-order chi connectivity index (χ1) is 19.2. The van der Waals surface area contributed by atoms with E-state index in [0.717, 1.165) is 17.7 Å². The summed E-state index contributed by atoms with van der Waals surface area (Å²) >= 11 is 0. The molecule has 2 heterocycles. The van der Waals surface area contributed by atoms with Gasteiger partial charge in [0.1, 0.15) is 18.6 Å². The monoisotopic (exact) mass is 593 g/mol. The lowest BCUT2D eigenvalue weighted by atomic mass is 10.1. The predicted molar refractivity (Wildman–Crippen MR) is 149 cm³/mol. The molecule has 1 aromatic heterocycles. The third-order valence-electron chi connectivity index (χ3n) is 5.94. The van der Waals surface area contributed by atoms with Crippen LogP contribution in [0.15, 0.2) is 35.4 Å². The van der Waals surface area contributed by atoms with Crippen LogP contribution in [0.25, 0.3) is 10.9 Å². The zero-order valence-corrected chi connectivity index (χ0v) is 23.1. The van der Waals surface area contributed by atoms with E-state index >= 15 is 0 Å². The molecule has 1 saturated heterocycles. The minimum atomic E-state index is -1.25. The van der Waals surface area contributed by atoms with Gasteiger partial charge in [0.2, 0.25) is 11.8 Å². The third-order valence-corrected chi connectivity index (χ3v) is 8.34. The Hall–Kier alpha value is -3.40. The maximum absolute atomic E-state index is 12.9. The molecule has 40 heavy (non-hydrogen) atoms. The molecule has 216 valence electrons. The third kappa shape index (κ3) is 9.36. The summed E-state index contributed by atoms with van der Waals surface area (Å²) in [7, 11) is 2.50. The van der Waals surface area contributed by atoms with Gasteiger partial charge in [-0.05, 0) is 37.5 Å². The van der Waals surface area contributed by atoms with Gasteiger partial charge in [0.15, 0.2) is 0 Å². The van der Waals surface area contributed by atoms with E-state index in [0.29, 0.717) is 29.6 Å². The minimum absolute atomic E-state index is 0.00890. The molecule has 3 rings (SSSR count). The number of carbonyl (C=O) groups is 5. The lowest BCUT2D eigenvalue weighted by Gasteiger charge is -2.18. The first-order valence-corrected chi connectivity index (χ1v) is 14.8. The predicted octanol–water partition coefficient (Wildman–Crippen LogP) is 0.762. The molecular weight excluding hydrogens is 562 g/mol. The Morgan fingerprint density at radius 1 is 1.15 bits per heavy atom. The molecule has 2 aromatic rings. The molecule has 13 nitrogen and oxygen atoms in total. The first kappa shape index (κ1) is 31.1. The van der Waals surface area contributed by atoms with Crippen molar-refractivity contribution in [2.75, 3.05) is 25.4 Å². The Morgan fingerprint density at radius 3 is 2.65 bits per heavy atom. The number of rotatable bonds is 15. The number of ether oxygens (including phenoxy) is 1. The fraction of sp³-hybridized carbons (Fsp3) is 0.440. The number of nitrogens with zero attached hydrogens (tertiary/aromatic N) is 1. The number of pyridine rings is 1. The highest BCUT2D eigenvalue weighted by Crippen LogP contribution is 2.36. The molecule has 0 saturated carbocycles. The summed E-state index contributed by atoms with van der Waals surface area (Å²) in [5, 5.41) is 26.1. The molecule has 1 aromatic carbocycles. The van der Waals surface area contributed by atoms with Crippen molar-refractivity contribution in [3.8, 4) is 0 Å². The van der Waals surface area contributed by atoms with E-state index in [-0.39, 0.29) is 30.6 Å². The number of aliphatic carboxylic acids is 2. The van der Waals surface area contributed by atoms with E-state index < -0.39 is 42.4 Å². The van der Waals surface area contributed by atoms with Gasteiger partial charge in [0.25, 0.3) is 5.91 Å². The number of nitrogens with one attached hydrogen (secondary N) is 3. The van der Waals surface area contributed by atoms with Crippen molar-refractivity contribution in [1.82, 2.24) is 20.9 Å². The molecule has 3 amide bonds. The normalized spacial score (nSPS) is 16.2. The van der Waals surface area contributed by atoms with Gasteiger partial charge in [-0.15, -0.1) is 0 Å². The Morgan fingerprint density at radius 2 is 1.95 bits per heavy atom. The molecule has 3 unspecified atom stereocenters. The summed E-state index contributed by atoms with van der Waals surface area (Å²) in [4.78, 5) is 64.7. The molecule has 1 fully saturated rings. The summed E-state index contributed by atoms with van der Waals surface area (Å²) < 4.78 is 5.56. The van der Waals surface area contributed by atoms with Gasteiger partial charge in [-0.25, -0.2) is 0 Å². The Labute approximate surface area is 237 Å². The number of carboxylic acid groups (broad SMARTS) is 2. The van der Waals surface area contributed by atoms with E-state index in [9.17, 15) is 24.0 Å². The van der Waals surface area contributed by atoms with Crippen LogP contribution in [0.4, 0.5) is 0 Å². The van der Waals surface area contributed by atoms with Crippen molar-refractivity contribution < 1.29 is 38.9 Å². The largest absolute Gasteiger partial charge is 0.480 e. The van der Waals surface area contributed by atoms with Crippen LogP contribution in [0.3, 0.4) is 0 Å². The van der Waals surface area contributed by atoms with Gasteiger partial charge in [0, 0.05) is 47.4 Å². The highest BCUT2D eigenvalue weighted by atomic mass is 33.1. The van der Waals surface area contributed by atoms with Crippen LogP contribution in [-0.4, -0.2) is 88.5 Å². The number of aromatic nitrogens is 1. The smallest absolute Gasteiger partial charge is 0.322 e. The number of fused-ring (bicyclic) bond motifs is 1. The van der Waals surface area contributed by atoms with Crippen LogP contribution in [0.2, 0.25) is 0 Å². The molecule has 0 spiro atoms. The SMILES string of the molecule is NC(CCC(=O)NC(CSSc1ccc(C(=O)NCC2CCCO2)c2cccnc12)C(=O)NCC(=O)O)C(=O)O. The van der Waals surface area contributed by atoms with E-state index in [1.54, 1.807) is 30.5 Å². The fourth-order valence-corrected chi connectivity index (χ4v) is 6.16. The molecule has 15 heteroatoms. The lowest BCUT2D eigenvalue weighted by Crippen LogP contribution is -2.49. The average molecular weight is 594 g/mol. The number of hydrogen-bond donors (Lipinski definition) is 6. The zero-order valence-electron chi connectivity index (χ0n) is 21.5.